The van der Waals surface area contributed by atoms with Crippen molar-refractivity contribution in [2.24, 2.45) is 0 Å². The number of ether oxygens (including phenoxy) is 3. The van der Waals surface area contributed by atoms with Crippen LogP contribution in [0.25, 0.3) is 0 Å². The van der Waals surface area contributed by atoms with Gasteiger partial charge in [-0.1, -0.05) is 29.3 Å². The first-order valence-electron chi connectivity index (χ1n) is 8.25. The van der Waals surface area contributed by atoms with Gasteiger partial charge >= 0.3 is 5.97 Å². The summed E-state index contributed by atoms with van der Waals surface area (Å²) in [4.78, 5) is 24.3. The average molecular weight is 410 g/mol. The molecule has 0 bridgehead atoms. The van der Waals surface area contributed by atoms with E-state index in [1.165, 1.54) is 6.92 Å². The van der Waals surface area contributed by atoms with Crippen LogP contribution in [0, 0.1) is 0 Å². The van der Waals surface area contributed by atoms with Crippen molar-refractivity contribution in [2.75, 3.05) is 18.5 Å². The van der Waals surface area contributed by atoms with E-state index in [0.717, 1.165) is 0 Å². The van der Waals surface area contributed by atoms with E-state index in [-0.39, 0.29) is 6.42 Å². The van der Waals surface area contributed by atoms with Crippen LogP contribution in [0.5, 0.6) is 11.5 Å². The molecule has 0 fully saturated rings. The molecule has 2 aromatic carbocycles. The fraction of sp³-hybridized carbons (Fsp3) is 0.263. The molecule has 0 unspecified atom stereocenters. The fourth-order valence-electron chi connectivity index (χ4n) is 2.53. The van der Waals surface area contributed by atoms with Gasteiger partial charge in [-0.2, -0.15) is 0 Å². The Morgan fingerprint density at radius 3 is 2.44 bits per heavy atom. The lowest BCUT2D eigenvalue weighted by atomic mass is 10.1. The SMILES string of the molecule is C[C@@H](OC(=O)Cc1ccc2c(c1)OCCO2)C(=O)Nc1cc(Cl)cc(Cl)c1. The molecule has 0 aromatic heterocycles. The standard InChI is InChI=1S/C19H17Cl2NO5/c1-11(19(24)22-15-9-13(20)8-14(21)10-15)27-18(23)7-12-2-3-16-17(6-12)26-5-4-25-16/h2-3,6,8-11H,4-5,7H2,1H3,(H,22,24)/t11-/m1/s1. The maximum atomic E-state index is 12.2. The third-order valence-electron chi connectivity index (χ3n) is 3.76. The molecule has 0 radical (unpaired) electrons. The molecule has 0 saturated heterocycles. The van der Waals surface area contributed by atoms with Crippen molar-refractivity contribution in [1.82, 2.24) is 0 Å². The first-order valence-corrected chi connectivity index (χ1v) is 9.01. The summed E-state index contributed by atoms with van der Waals surface area (Å²) < 4.78 is 16.1. The predicted octanol–water partition coefficient (Wildman–Crippen LogP) is 3.88. The van der Waals surface area contributed by atoms with Crippen LogP contribution in [-0.2, 0) is 20.7 Å². The number of esters is 1. The van der Waals surface area contributed by atoms with Gasteiger partial charge in [-0.15, -0.1) is 0 Å². The third-order valence-corrected chi connectivity index (χ3v) is 4.20. The lowest BCUT2D eigenvalue weighted by Gasteiger charge is -2.19. The highest BCUT2D eigenvalue weighted by molar-refractivity contribution is 6.35. The molecule has 3 rings (SSSR count). The lowest BCUT2D eigenvalue weighted by Crippen LogP contribution is -2.30. The van der Waals surface area contributed by atoms with Gasteiger partial charge in [0.1, 0.15) is 13.2 Å². The number of carbonyl (C=O) groups excluding carboxylic acids is 2. The van der Waals surface area contributed by atoms with Crippen LogP contribution < -0.4 is 14.8 Å². The van der Waals surface area contributed by atoms with E-state index in [0.29, 0.717) is 46.0 Å². The van der Waals surface area contributed by atoms with E-state index in [9.17, 15) is 9.59 Å². The van der Waals surface area contributed by atoms with Gasteiger partial charge in [0.15, 0.2) is 17.6 Å². The molecule has 1 amide bonds. The summed E-state index contributed by atoms with van der Waals surface area (Å²) in [6.07, 6.45) is -0.968. The number of benzene rings is 2. The van der Waals surface area contributed by atoms with E-state index in [4.69, 9.17) is 37.4 Å². The molecule has 6 nitrogen and oxygen atoms in total. The maximum absolute atomic E-state index is 12.2. The molecule has 1 atom stereocenters. The zero-order valence-electron chi connectivity index (χ0n) is 14.5. The third kappa shape index (κ3) is 5.28. The van der Waals surface area contributed by atoms with E-state index < -0.39 is 18.0 Å². The fourth-order valence-corrected chi connectivity index (χ4v) is 3.05. The number of fused-ring (bicyclic) bond motifs is 1. The summed E-state index contributed by atoms with van der Waals surface area (Å²) in [6, 6.07) is 9.89. The summed E-state index contributed by atoms with van der Waals surface area (Å²) in [5, 5.41) is 3.39. The molecule has 142 valence electrons. The summed E-state index contributed by atoms with van der Waals surface area (Å²) >= 11 is 11.8. The normalized spacial score (nSPS) is 13.6. The minimum atomic E-state index is -0.979. The van der Waals surface area contributed by atoms with Crippen molar-refractivity contribution in [3.05, 3.63) is 52.0 Å². The molecule has 2 aromatic rings. The summed E-state index contributed by atoms with van der Waals surface area (Å²) in [7, 11) is 0. The summed E-state index contributed by atoms with van der Waals surface area (Å²) in [5.74, 6) is 0.226. The summed E-state index contributed by atoms with van der Waals surface area (Å²) in [5.41, 5.74) is 1.13. The largest absolute Gasteiger partial charge is 0.486 e. The number of hydrogen-bond acceptors (Lipinski definition) is 5. The highest BCUT2D eigenvalue weighted by atomic mass is 35.5. The smallest absolute Gasteiger partial charge is 0.311 e. The maximum Gasteiger partial charge on any atom is 0.311 e. The Labute approximate surface area is 166 Å². The second-order valence-corrected chi connectivity index (χ2v) is 6.81. The number of amides is 1. The van der Waals surface area contributed by atoms with Gasteiger partial charge in [-0.25, -0.2) is 0 Å². The van der Waals surface area contributed by atoms with Crippen molar-refractivity contribution >= 4 is 40.8 Å². The Kier molecular flexibility index (Phi) is 6.08. The molecule has 1 aliphatic heterocycles. The zero-order valence-corrected chi connectivity index (χ0v) is 16.0. The van der Waals surface area contributed by atoms with Crippen molar-refractivity contribution in [2.45, 2.75) is 19.4 Å². The molecular weight excluding hydrogens is 393 g/mol. The number of hydrogen-bond donors (Lipinski definition) is 1. The second kappa shape index (κ2) is 8.50. The number of anilines is 1. The first-order chi connectivity index (χ1) is 12.9. The van der Waals surface area contributed by atoms with Gasteiger partial charge in [0, 0.05) is 15.7 Å². The zero-order chi connectivity index (χ0) is 19.4. The molecule has 1 aliphatic rings. The van der Waals surface area contributed by atoms with Crippen molar-refractivity contribution < 1.29 is 23.8 Å². The number of rotatable bonds is 5. The minimum Gasteiger partial charge on any atom is -0.486 e. The Morgan fingerprint density at radius 2 is 1.74 bits per heavy atom. The van der Waals surface area contributed by atoms with Gasteiger partial charge in [-0.3, -0.25) is 9.59 Å². The number of halogens is 2. The van der Waals surface area contributed by atoms with Crippen LogP contribution in [-0.4, -0.2) is 31.2 Å². The molecule has 0 saturated carbocycles. The Morgan fingerprint density at radius 1 is 1.07 bits per heavy atom. The molecular formula is C19H17Cl2NO5. The van der Waals surface area contributed by atoms with Crippen LogP contribution in [0.1, 0.15) is 12.5 Å². The second-order valence-electron chi connectivity index (χ2n) is 5.93. The lowest BCUT2D eigenvalue weighted by molar-refractivity contribution is -0.152. The Balaban J connectivity index is 1.56. The van der Waals surface area contributed by atoms with Crippen LogP contribution in [0.4, 0.5) is 5.69 Å². The van der Waals surface area contributed by atoms with Gasteiger partial charge in [-0.05, 0) is 42.8 Å². The average Bonchev–Trinajstić information content (AvgIpc) is 2.60. The van der Waals surface area contributed by atoms with Gasteiger partial charge in [0.25, 0.3) is 5.91 Å². The quantitative estimate of drug-likeness (QED) is 0.758. The van der Waals surface area contributed by atoms with Crippen LogP contribution in [0.2, 0.25) is 10.0 Å². The van der Waals surface area contributed by atoms with E-state index >= 15 is 0 Å². The van der Waals surface area contributed by atoms with Crippen molar-refractivity contribution in [1.29, 1.82) is 0 Å². The highest BCUT2D eigenvalue weighted by Gasteiger charge is 2.19. The molecule has 0 aliphatic carbocycles. The topological polar surface area (TPSA) is 73.9 Å². The van der Waals surface area contributed by atoms with Crippen LogP contribution in [0.15, 0.2) is 36.4 Å². The first kappa shape index (κ1) is 19.3. The minimum absolute atomic E-state index is 0.0112. The number of carbonyl (C=O) groups is 2. The van der Waals surface area contributed by atoms with E-state index in [1.807, 2.05) is 0 Å². The van der Waals surface area contributed by atoms with Crippen LogP contribution in [0.3, 0.4) is 0 Å². The van der Waals surface area contributed by atoms with Crippen LogP contribution >= 0.6 is 23.2 Å². The monoisotopic (exact) mass is 409 g/mol. The van der Waals surface area contributed by atoms with Gasteiger partial charge < -0.3 is 19.5 Å². The number of nitrogens with one attached hydrogen (secondary N) is 1. The molecule has 0 spiro atoms. The Hall–Kier alpha value is -2.44. The van der Waals surface area contributed by atoms with E-state index in [2.05, 4.69) is 5.32 Å². The van der Waals surface area contributed by atoms with Gasteiger partial charge in [0.2, 0.25) is 0 Å². The summed E-state index contributed by atoms with van der Waals surface area (Å²) in [6.45, 7) is 2.45. The molecule has 27 heavy (non-hydrogen) atoms. The molecule has 1 heterocycles. The Bertz CT molecular complexity index is 851. The van der Waals surface area contributed by atoms with Crippen molar-refractivity contribution in [3.8, 4) is 11.5 Å². The van der Waals surface area contributed by atoms with Gasteiger partial charge in [0.05, 0.1) is 6.42 Å². The molecule has 1 N–H and O–H groups in total. The highest BCUT2D eigenvalue weighted by Crippen LogP contribution is 2.31. The van der Waals surface area contributed by atoms with Crippen molar-refractivity contribution in [3.63, 3.8) is 0 Å². The van der Waals surface area contributed by atoms with E-state index in [1.54, 1.807) is 36.4 Å². The molecule has 8 heteroatoms. The predicted molar refractivity (Wildman–Crippen MR) is 102 cm³/mol.